The molecule has 0 aliphatic carbocycles. The number of hydrogen-bond donors (Lipinski definition) is 1. The number of amides is 1. The number of rotatable bonds is 4. The second-order valence-corrected chi connectivity index (χ2v) is 5.52. The minimum absolute atomic E-state index is 0.262. The number of aromatic nitrogens is 3. The van der Waals surface area contributed by atoms with E-state index >= 15 is 0 Å². The highest BCUT2D eigenvalue weighted by atomic mass is 35.5. The Balaban J connectivity index is 1.79. The van der Waals surface area contributed by atoms with Crippen LogP contribution >= 0.6 is 11.6 Å². The zero-order valence-electron chi connectivity index (χ0n) is 12.9. The number of aryl methyl sites for hydroxylation is 1. The van der Waals surface area contributed by atoms with Crippen molar-refractivity contribution in [2.45, 2.75) is 26.4 Å². The van der Waals surface area contributed by atoms with Crippen molar-refractivity contribution in [2.75, 3.05) is 13.2 Å². The van der Waals surface area contributed by atoms with Crippen LogP contribution < -0.4 is 14.8 Å². The average Bonchev–Trinajstić information content (AvgIpc) is 3.03. The molecule has 0 fully saturated rings. The van der Waals surface area contributed by atoms with Gasteiger partial charge in [0.1, 0.15) is 25.4 Å². The molecule has 1 unspecified atom stereocenters. The quantitative estimate of drug-likeness (QED) is 0.926. The Labute approximate surface area is 138 Å². The van der Waals surface area contributed by atoms with Crippen molar-refractivity contribution in [3.63, 3.8) is 0 Å². The van der Waals surface area contributed by atoms with Crippen LogP contribution in [0.4, 0.5) is 0 Å². The van der Waals surface area contributed by atoms with Crippen molar-refractivity contribution >= 4 is 17.5 Å². The molecule has 0 bridgehead atoms. The molecule has 2 heterocycles. The molecule has 1 amide bonds. The van der Waals surface area contributed by atoms with Crippen LogP contribution in [-0.4, -0.2) is 33.9 Å². The van der Waals surface area contributed by atoms with Crippen LogP contribution in [-0.2, 0) is 6.54 Å². The Morgan fingerprint density at radius 3 is 3.00 bits per heavy atom. The molecule has 3 rings (SSSR count). The Morgan fingerprint density at radius 2 is 2.22 bits per heavy atom. The van der Waals surface area contributed by atoms with Gasteiger partial charge in [0.15, 0.2) is 11.5 Å². The van der Waals surface area contributed by atoms with Crippen LogP contribution in [0.15, 0.2) is 18.5 Å². The van der Waals surface area contributed by atoms with Crippen LogP contribution in [0, 0.1) is 0 Å². The molecule has 7 nitrogen and oxygen atoms in total. The average molecular weight is 337 g/mol. The number of nitrogens with zero attached hydrogens (tertiary/aromatic N) is 3. The number of ether oxygens (including phenoxy) is 2. The van der Waals surface area contributed by atoms with Gasteiger partial charge in [-0.25, -0.2) is 9.67 Å². The summed E-state index contributed by atoms with van der Waals surface area (Å²) in [5.41, 5.74) is 0.411. The molecule has 0 saturated carbocycles. The molecule has 1 aromatic carbocycles. The summed E-state index contributed by atoms with van der Waals surface area (Å²) in [7, 11) is 0. The highest BCUT2D eigenvalue weighted by Gasteiger charge is 2.21. The standard InChI is InChI=1S/C15H17ClN4O3/c1-3-20-14(17-8-18-20)9(2)19-15(21)10-6-11(16)13-12(7-10)22-4-5-23-13/h6-9H,3-5H2,1-2H3,(H,19,21). The lowest BCUT2D eigenvalue weighted by Crippen LogP contribution is -2.29. The first-order chi connectivity index (χ1) is 11.1. The van der Waals surface area contributed by atoms with E-state index in [9.17, 15) is 4.79 Å². The number of nitrogens with one attached hydrogen (secondary N) is 1. The van der Waals surface area contributed by atoms with Crippen LogP contribution in [0.2, 0.25) is 5.02 Å². The maximum atomic E-state index is 12.5. The molecule has 0 radical (unpaired) electrons. The van der Waals surface area contributed by atoms with E-state index in [1.807, 2.05) is 13.8 Å². The summed E-state index contributed by atoms with van der Waals surface area (Å²) in [5.74, 6) is 1.40. The van der Waals surface area contributed by atoms with E-state index in [0.29, 0.717) is 47.7 Å². The highest BCUT2D eigenvalue weighted by Crippen LogP contribution is 2.38. The summed E-state index contributed by atoms with van der Waals surface area (Å²) in [6.07, 6.45) is 1.47. The normalized spacial score (nSPS) is 14.4. The molecular weight excluding hydrogens is 320 g/mol. The number of hydrogen-bond acceptors (Lipinski definition) is 5. The summed E-state index contributed by atoms with van der Waals surface area (Å²) >= 11 is 6.16. The molecule has 122 valence electrons. The molecule has 2 aromatic rings. The van der Waals surface area contributed by atoms with Crippen molar-refractivity contribution in [1.82, 2.24) is 20.1 Å². The van der Waals surface area contributed by atoms with Gasteiger partial charge < -0.3 is 14.8 Å². The van der Waals surface area contributed by atoms with Crippen molar-refractivity contribution < 1.29 is 14.3 Å². The molecule has 0 spiro atoms. The van der Waals surface area contributed by atoms with E-state index in [2.05, 4.69) is 15.4 Å². The van der Waals surface area contributed by atoms with E-state index in [0.717, 1.165) is 0 Å². The van der Waals surface area contributed by atoms with Crippen LogP contribution in [0.25, 0.3) is 0 Å². The van der Waals surface area contributed by atoms with Gasteiger partial charge in [-0.15, -0.1) is 0 Å². The Kier molecular flexibility index (Phi) is 4.38. The third kappa shape index (κ3) is 3.10. The fraction of sp³-hybridized carbons (Fsp3) is 0.400. The largest absolute Gasteiger partial charge is 0.486 e. The van der Waals surface area contributed by atoms with Crippen LogP contribution in [0.1, 0.15) is 36.1 Å². The fourth-order valence-corrected chi connectivity index (χ4v) is 2.70. The highest BCUT2D eigenvalue weighted by molar-refractivity contribution is 6.32. The first kappa shape index (κ1) is 15.6. The van der Waals surface area contributed by atoms with Gasteiger partial charge in [-0.3, -0.25) is 4.79 Å². The molecule has 0 saturated heterocycles. The Morgan fingerprint density at radius 1 is 1.43 bits per heavy atom. The molecule has 1 N–H and O–H groups in total. The Hall–Kier alpha value is -2.28. The first-order valence-electron chi connectivity index (χ1n) is 7.38. The van der Waals surface area contributed by atoms with Crippen LogP contribution in [0.3, 0.4) is 0 Å². The van der Waals surface area contributed by atoms with Crippen molar-refractivity contribution in [3.8, 4) is 11.5 Å². The van der Waals surface area contributed by atoms with Crippen LogP contribution in [0.5, 0.6) is 11.5 Å². The van der Waals surface area contributed by atoms with Gasteiger partial charge in [-0.1, -0.05) is 11.6 Å². The summed E-state index contributed by atoms with van der Waals surface area (Å²) in [6, 6.07) is 2.92. The molecule has 1 atom stereocenters. The third-order valence-electron chi connectivity index (χ3n) is 3.54. The molecule has 1 aliphatic heterocycles. The van der Waals surface area contributed by atoms with E-state index in [1.165, 1.54) is 6.33 Å². The third-order valence-corrected chi connectivity index (χ3v) is 3.82. The lowest BCUT2D eigenvalue weighted by Gasteiger charge is -2.20. The van der Waals surface area contributed by atoms with Crippen molar-refractivity contribution in [3.05, 3.63) is 34.9 Å². The summed E-state index contributed by atoms with van der Waals surface area (Å²) in [6.45, 7) is 5.39. The Bertz CT molecular complexity index is 732. The minimum atomic E-state index is -0.281. The smallest absolute Gasteiger partial charge is 0.252 e. The van der Waals surface area contributed by atoms with Crippen molar-refractivity contribution in [2.24, 2.45) is 0 Å². The first-order valence-corrected chi connectivity index (χ1v) is 7.75. The van der Waals surface area contributed by atoms with Gasteiger partial charge in [0.2, 0.25) is 0 Å². The van der Waals surface area contributed by atoms with Gasteiger partial charge >= 0.3 is 0 Å². The maximum Gasteiger partial charge on any atom is 0.252 e. The lowest BCUT2D eigenvalue weighted by atomic mass is 10.1. The minimum Gasteiger partial charge on any atom is -0.486 e. The predicted molar refractivity (Wildman–Crippen MR) is 84.0 cm³/mol. The zero-order chi connectivity index (χ0) is 16.4. The molecule has 8 heteroatoms. The van der Waals surface area contributed by atoms with Gasteiger partial charge in [-0.2, -0.15) is 5.10 Å². The van der Waals surface area contributed by atoms with E-state index in [1.54, 1.807) is 16.8 Å². The zero-order valence-corrected chi connectivity index (χ0v) is 13.6. The summed E-state index contributed by atoms with van der Waals surface area (Å²) in [4.78, 5) is 16.7. The molecule has 23 heavy (non-hydrogen) atoms. The second-order valence-electron chi connectivity index (χ2n) is 5.11. The topological polar surface area (TPSA) is 78.3 Å². The summed E-state index contributed by atoms with van der Waals surface area (Å²) in [5, 5.41) is 7.35. The number of fused-ring (bicyclic) bond motifs is 1. The number of benzene rings is 1. The molecular formula is C15H17ClN4O3. The molecule has 1 aliphatic rings. The number of halogens is 1. The van der Waals surface area contributed by atoms with Gasteiger partial charge in [0.05, 0.1) is 11.1 Å². The summed E-state index contributed by atoms with van der Waals surface area (Å²) < 4.78 is 12.7. The monoisotopic (exact) mass is 336 g/mol. The lowest BCUT2D eigenvalue weighted by molar-refractivity contribution is 0.0936. The maximum absolute atomic E-state index is 12.5. The SMILES string of the molecule is CCn1ncnc1C(C)NC(=O)c1cc(Cl)c2c(c1)OCCO2. The fourth-order valence-electron chi connectivity index (χ4n) is 2.44. The van der Waals surface area contributed by atoms with E-state index in [-0.39, 0.29) is 11.9 Å². The van der Waals surface area contributed by atoms with E-state index in [4.69, 9.17) is 21.1 Å². The van der Waals surface area contributed by atoms with Gasteiger partial charge in [-0.05, 0) is 26.0 Å². The molecule has 1 aromatic heterocycles. The van der Waals surface area contributed by atoms with E-state index < -0.39 is 0 Å². The van der Waals surface area contributed by atoms with Crippen molar-refractivity contribution in [1.29, 1.82) is 0 Å². The second kappa shape index (κ2) is 6.45. The van der Waals surface area contributed by atoms with Gasteiger partial charge in [0, 0.05) is 12.1 Å². The number of carbonyl (C=O) groups excluding carboxylic acids is 1. The predicted octanol–water partition coefficient (Wildman–Crippen LogP) is 2.21. The number of carbonyl (C=O) groups is 1. The van der Waals surface area contributed by atoms with Gasteiger partial charge in [0.25, 0.3) is 5.91 Å².